The van der Waals surface area contributed by atoms with E-state index in [1.165, 1.54) is 12.1 Å². The zero-order valence-electron chi connectivity index (χ0n) is 10.3. The van der Waals surface area contributed by atoms with E-state index in [1.807, 2.05) is 6.07 Å². The molecule has 1 N–H and O–H groups in total. The molecule has 2 aromatic carbocycles. The zero-order valence-corrected chi connectivity index (χ0v) is 11.1. The number of hydrogen-bond acceptors (Lipinski definition) is 1. The molecule has 2 aromatic rings. The monoisotopic (exact) mass is 281 g/mol. The van der Waals surface area contributed by atoms with Crippen molar-refractivity contribution in [2.45, 2.75) is 13.0 Å². The van der Waals surface area contributed by atoms with Crippen molar-refractivity contribution >= 4 is 11.6 Å². The highest BCUT2D eigenvalue weighted by Gasteiger charge is 2.02. The Morgan fingerprint density at radius 1 is 1.00 bits per heavy atom. The highest BCUT2D eigenvalue weighted by molar-refractivity contribution is 6.30. The average molecular weight is 282 g/mol. The molecule has 100 valence electrons. The second-order valence-corrected chi connectivity index (χ2v) is 4.67. The first-order chi connectivity index (χ1) is 9.16. The maximum absolute atomic E-state index is 13.4. The first kappa shape index (κ1) is 14.0. The lowest BCUT2D eigenvalue weighted by molar-refractivity contribution is 0.597. The van der Waals surface area contributed by atoms with E-state index >= 15 is 0 Å². The Balaban J connectivity index is 1.81. The van der Waals surface area contributed by atoms with Crippen LogP contribution in [0, 0.1) is 11.6 Å². The van der Waals surface area contributed by atoms with Crippen LogP contribution in [0.4, 0.5) is 8.78 Å². The van der Waals surface area contributed by atoms with E-state index in [0.29, 0.717) is 25.1 Å². The molecular formula is C15H14ClF2N. The Hall–Kier alpha value is -1.45. The lowest BCUT2D eigenvalue weighted by Crippen LogP contribution is -2.17. The van der Waals surface area contributed by atoms with Gasteiger partial charge in [0.25, 0.3) is 0 Å². The number of halogens is 3. The number of hydrogen-bond donors (Lipinski definition) is 1. The minimum atomic E-state index is -0.420. The van der Waals surface area contributed by atoms with E-state index in [0.717, 1.165) is 5.56 Å². The Labute approximate surface area is 116 Å². The summed E-state index contributed by atoms with van der Waals surface area (Å²) in [6.45, 7) is 1.23. The molecule has 0 aliphatic heterocycles. The van der Waals surface area contributed by atoms with Crippen molar-refractivity contribution in [1.82, 2.24) is 5.32 Å². The summed E-state index contributed by atoms with van der Waals surface area (Å²) in [7, 11) is 0. The van der Waals surface area contributed by atoms with Gasteiger partial charge in [-0.2, -0.15) is 0 Å². The van der Waals surface area contributed by atoms with Crippen LogP contribution in [0.3, 0.4) is 0 Å². The molecule has 1 nitrogen and oxygen atoms in total. The number of rotatable bonds is 5. The fourth-order valence-corrected chi connectivity index (χ4v) is 2.01. The van der Waals surface area contributed by atoms with Crippen molar-refractivity contribution in [3.05, 3.63) is 70.2 Å². The smallest absolute Gasteiger partial charge is 0.141 e. The third-order valence-corrected chi connectivity index (χ3v) is 3.13. The molecule has 0 aliphatic carbocycles. The van der Waals surface area contributed by atoms with Crippen molar-refractivity contribution in [2.75, 3.05) is 6.54 Å². The number of nitrogens with one attached hydrogen (secondary N) is 1. The second kappa shape index (κ2) is 6.64. The van der Waals surface area contributed by atoms with Gasteiger partial charge < -0.3 is 5.32 Å². The SMILES string of the molecule is Fc1ccc(CNCCc2ccccc2F)cc1Cl. The summed E-state index contributed by atoms with van der Waals surface area (Å²) in [6.07, 6.45) is 0.613. The third kappa shape index (κ3) is 4.01. The van der Waals surface area contributed by atoms with Gasteiger partial charge in [0.2, 0.25) is 0 Å². The maximum atomic E-state index is 13.4. The molecule has 0 atom stereocenters. The van der Waals surface area contributed by atoms with Crippen LogP contribution in [0.15, 0.2) is 42.5 Å². The van der Waals surface area contributed by atoms with E-state index in [9.17, 15) is 8.78 Å². The minimum Gasteiger partial charge on any atom is -0.312 e. The van der Waals surface area contributed by atoms with Crippen molar-refractivity contribution < 1.29 is 8.78 Å². The van der Waals surface area contributed by atoms with Crippen LogP contribution in [0.25, 0.3) is 0 Å². The van der Waals surface area contributed by atoms with Crippen LogP contribution < -0.4 is 5.32 Å². The highest BCUT2D eigenvalue weighted by atomic mass is 35.5. The van der Waals surface area contributed by atoms with E-state index in [-0.39, 0.29) is 10.8 Å². The van der Waals surface area contributed by atoms with Crippen molar-refractivity contribution in [2.24, 2.45) is 0 Å². The second-order valence-electron chi connectivity index (χ2n) is 4.27. The molecule has 0 fully saturated rings. The topological polar surface area (TPSA) is 12.0 Å². The van der Waals surface area contributed by atoms with Crippen LogP contribution in [0.2, 0.25) is 5.02 Å². The van der Waals surface area contributed by atoms with E-state index in [4.69, 9.17) is 11.6 Å². The summed E-state index contributed by atoms with van der Waals surface area (Å²) in [6, 6.07) is 11.3. The molecule has 0 saturated carbocycles. The lowest BCUT2D eigenvalue weighted by Gasteiger charge is -2.06. The van der Waals surface area contributed by atoms with Gasteiger partial charge >= 0.3 is 0 Å². The summed E-state index contributed by atoms with van der Waals surface area (Å²) in [5.41, 5.74) is 1.59. The molecule has 0 heterocycles. The Bertz CT molecular complexity index is 558. The summed E-state index contributed by atoms with van der Waals surface area (Å²) < 4.78 is 26.3. The molecule has 0 aromatic heterocycles. The Morgan fingerprint density at radius 3 is 2.53 bits per heavy atom. The maximum Gasteiger partial charge on any atom is 0.141 e. The lowest BCUT2D eigenvalue weighted by atomic mass is 10.1. The average Bonchev–Trinajstić information content (AvgIpc) is 2.40. The van der Waals surface area contributed by atoms with Crippen LogP contribution in [0.5, 0.6) is 0 Å². The summed E-state index contributed by atoms with van der Waals surface area (Å²) >= 11 is 5.69. The third-order valence-electron chi connectivity index (χ3n) is 2.84. The molecule has 2 rings (SSSR count). The molecule has 0 spiro atoms. The molecule has 0 radical (unpaired) electrons. The first-order valence-corrected chi connectivity index (χ1v) is 6.42. The van der Waals surface area contributed by atoms with Gasteiger partial charge in [0, 0.05) is 6.54 Å². The van der Waals surface area contributed by atoms with Crippen LogP contribution in [-0.4, -0.2) is 6.54 Å². The van der Waals surface area contributed by atoms with Gasteiger partial charge in [-0.3, -0.25) is 0 Å². The summed E-state index contributed by atoms with van der Waals surface area (Å²) in [4.78, 5) is 0. The van der Waals surface area contributed by atoms with Gasteiger partial charge in [0.05, 0.1) is 5.02 Å². The molecule has 0 saturated heterocycles. The van der Waals surface area contributed by atoms with Gasteiger partial charge in [0.15, 0.2) is 0 Å². The number of benzene rings is 2. The molecule has 0 amide bonds. The molecule has 0 bridgehead atoms. The Kier molecular flexibility index (Phi) is 4.88. The van der Waals surface area contributed by atoms with Gasteiger partial charge in [-0.25, -0.2) is 8.78 Å². The zero-order chi connectivity index (χ0) is 13.7. The van der Waals surface area contributed by atoms with E-state index in [1.54, 1.807) is 24.3 Å². The predicted octanol–water partition coefficient (Wildman–Crippen LogP) is 3.95. The molecule has 0 unspecified atom stereocenters. The fraction of sp³-hybridized carbons (Fsp3) is 0.200. The highest BCUT2D eigenvalue weighted by Crippen LogP contribution is 2.15. The van der Waals surface area contributed by atoms with E-state index in [2.05, 4.69) is 5.32 Å². The van der Waals surface area contributed by atoms with Gasteiger partial charge in [-0.1, -0.05) is 35.9 Å². The van der Waals surface area contributed by atoms with Gasteiger partial charge in [-0.05, 0) is 42.3 Å². The van der Waals surface area contributed by atoms with Crippen molar-refractivity contribution in [3.63, 3.8) is 0 Å². The van der Waals surface area contributed by atoms with Crippen LogP contribution >= 0.6 is 11.6 Å². The normalized spacial score (nSPS) is 10.7. The Morgan fingerprint density at radius 2 is 1.79 bits per heavy atom. The minimum absolute atomic E-state index is 0.119. The molecule has 0 aliphatic rings. The quantitative estimate of drug-likeness (QED) is 0.818. The van der Waals surface area contributed by atoms with Crippen LogP contribution in [-0.2, 0) is 13.0 Å². The summed E-state index contributed by atoms with van der Waals surface area (Å²) in [5, 5.41) is 3.30. The molecular weight excluding hydrogens is 268 g/mol. The van der Waals surface area contributed by atoms with E-state index < -0.39 is 5.82 Å². The van der Waals surface area contributed by atoms with Crippen LogP contribution in [0.1, 0.15) is 11.1 Å². The van der Waals surface area contributed by atoms with Crippen molar-refractivity contribution in [1.29, 1.82) is 0 Å². The standard InChI is InChI=1S/C15H14ClF2N/c16-13-9-11(5-6-15(13)18)10-19-8-7-12-3-1-2-4-14(12)17/h1-6,9,19H,7-8,10H2. The van der Waals surface area contributed by atoms with Crippen molar-refractivity contribution in [3.8, 4) is 0 Å². The molecule has 4 heteroatoms. The molecule has 19 heavy (non-hydrogen) atoms. The fourth-order valence-electron chi connectivity index (χ4n) is 1.81. The summed E-state index contributed by atoms with van der Waals surface area (Å²) in [5.74, 6) is -0.606. The van der Waals surface area contributed by atoms with Gasteiger partial charge in [-0.15, -0.1) is 0 Å². The largest absolute Gasteiger partial charge is 0.312 e. The first-order valence-electron chi connectivity index (χ1n) is 6.05. The predicted molar refractivity (Wildman–Crippen MR) is 73.2 cm³/mol. The van der Waals surface area contributed by atoms with Gasteiger partial charge in [0.1, 0.15) is 11.6 Å².